The third-order valence-corrected chi connectivity index (χ3v) is 7.79. The average Bonchev–Trinajstić information content (AvgIpc) is 2.59. The number of para-hydroxylation sites is 1. The Kier molecular flexibility index (Phi) is 10.0. The van der Waals surface area contributed by atoms with Crippen LogP contribution in [-0.4, -0.2) is 125 Å². The van der Waals surface area contributed by atoms with Crippen LogP contribution < -0.4 is 0 Å². The summed E-state index contributed by atoms with van der Waals surface area (Å²) in [6, 6.07) is 4.94. The molecule has 0 amide bonds. The number of rotatable bonds is 6. The maximum absolute atomic E-state index is 12.7. The number of phenolic OH excluding ortho intramolecular Hbond substituents is 1. The summed E-state index contributed by atoms with van der Waals surface area (Å²) in [7, 11) is -10.0. The molecule has 1 aliphatic rings. The van der Waals surface area contributed by atoms with E-state index in [1.54, 1.807) is 0 Å². The number of hydrogen-bond acceptors (Lipinski definition) is 9. The molecule has 0 bridgehead atoms. The van der Waals surface area contributed by atoms with Gasteiger partial charge in [-0.25, -0.2) is 0 Å². The summed E-state index contributed by atoms with van der Waals surface area (Å²) >= 11 is 0. The first-order chi connectivity index (χ1) is 12.8. The molecule has 0 aliphatic heterocycles. The third kappa shape index (κ3) is 4.58. The van der Waals surface area contributed by atoms with Gasteiger partial charge in [-0.3, -0.25) is 13.9 Å². The molecule has 1 aromatic carbocycles. The predicted octanol–water partition coefficient (Wildman–Crippen LogP) is -0.344. The number of phenols is 1. The van der Waals surface area contributed by atoms with E-state index in [0.717, 1.165) is 26.4 Å². The van der Waals surface area contributed by atoms with E-state index >= 15 is 0 Å². The molecule has 0 saturated carbocycles. The van der Waals surface area contributed by atoms with Crippen LogP contribution in [0.1, 0.15) is 10.4 Å². The molecule has 0 unspecified atom stereocenters. The molecule has 11 nitrogen and oxygen atoms in total. The van der Waals surface area contributed by atoms with Gasteiger partial charge in [0.1, 0.15) is 11.5 Å². The number of ketones is 1. The third-order valence-electron chi connectivity index (χ3n) is 4.19. The molecule has 30 heavy (non-hydrogen) atoms. The largest absolute Gasteiger partial charge is 0.507 e. The van der Waals surface area contributed by atoms with Crippen molar-refractivity contribution in [1.29, 1.82) is 0 Å². The minimum absolute atomic E-state index is 0. The molecule has 4 N–H and O–H groups in total. The fourth-order valence-corrected chi connectivity index (χ4v) is 5.61. The molecule has 0 spiro atoms. The Morgan fingerprint density at radius 2 is 1.37 bits per heavy atom. The molecule has 0 heterocycles. The first-order valence-electron chi connectivity index (χ1n) is 7.30. The standard InChI is InChI=1S/C15H16O11S2.2Na/c1-25-14(26-2)8-12(17)10(13(18)9-5-3-4-6-11(9)16)7-15(14,27(19,20)21)28(22,23)24;;/h3-8,16-17H,1-2H3,(H,19,20,21)(H,22,23,24);;. The molecule has 2 radical (unpaired) electrons. The summed E-state index contributed by atoms with van der Waals surface area (Å²) in [5.41, 5.74) is -1.38. The second kappa shape index (κ2) is 10.1. The van der Waals surface area contributed by atoms with Gasteiger partial charge in [-0.1, -0.05) is 12.1 Å². The fourth-order valence-electron chi connectivity index (χ4n) is 2.84. The second-order valence-electron chi connectivity index (χ2n) is 5.63. The van der Waals surface area contributed by atoms with Crippen LogP contribution in [0.25, 0.3) is 0 Å². The Balaban J connectivity index is 0.00000420. The summed E-state index contributed by atoms with van der Waals surface area (Å²) in [5, 5.41) is 20.0. The van der Waals surface area contributed by atoms with Crippen LogP contribution in [0.2, 0.25) is 0 Å². The fraction of sp³-hybridized carbons (Fsp3) is 0.267. The van der Waals surface area contributed by atoms with Crippen molar-refractivity contribution in [2.45, 2.75) is 9.87 Å². The van der Waals surface area contributed by atoms with E-state index in [1.807, 2.05) is 0 Å². The minimum atomic E-state index is -5.79. The molecule has 15 heteroatoms. The Hall–Kier alpha value is -0.290. The van der Waals surface area contributed by atoms with Gasteiger partial charge in [-0.05, 0) is 18.2 Å². The van der Waals surface area contributed by atoms with Gasteiger partial charge in [0, 0.05) is 79.4 Å². The summed E-state index contributed by atoms with van der Waals surface area (Å²) in [6.45, 7) is 0. The van der Waals surface area contributed by atoms with Gasteiger partial charge in [-0.2, -0.15) is 16.8 Å². The van der Waals surface area contributed by atoms with Crippen molar-refractivity contribution in [2.24, 2.45) is 0 Å². The minimum Gasteiger partial charge on any atom is -0.507 e. The van der Waals surface area contributed by atoms with Gasteiger partial charge in [0.15, 0.2) is 5.78 Å². The van der Waals surface area contributed by atoms with Crippen molar-refractivity contribution in [3.05, 3.63) is 53.3 Å². The number of allylic oxidation sites excluding steroid dienone is 1. The maximum Gasteiger partial charge on any atom is 0.298 e. The number of benzene rings is 1. The smallest absolute Gasteiger partial charge is 0.298 e. The zero-order valence-corrected chi connectivity index (χ0v) is 22.1. The zero-order valence-electron chi connectivity index (χ0n) is 16.4. The van der Waals surface area contributed by atoms with Crippen LogP contribution in [0.4, 0.5) is 0 Å². The number of hydrogen-bond donors (Lipinski definition) is 4. The van der Waals surface area contributed by atoms with Crippen molar-refractivity contribution >= 4 is 85.1 Å². The molecular weight excluding hydrogens is 466 g/mol. The van der Waals surface area contributed by atoms with E-state index in [0.29, 0.717) is 6.08 Å². The number of carbonyl (C=O) groups excluding carboxylic acids is 1. The average molecular weight is 482 g/mol. The van der Waals surface area contributed by atoms with Gasteiger partial charge in [0.2, 0.25) is 5.79 Å². The quantitative estimate of drug-likeness (QED) is 0.180. The molecular formula is C15H16Na2O11S2. The number of aromatic hydroxyl groups is 1. The first-order valence-corrected chi connectivity index (χ1v) is 10.2. The van der Waals surface area contributed by atoms with Crippen molar-refractivity contribution in [2.75, 3.05) is 14.2 Å². The topological polar surface area (TPSA) is 185 Å². The van der Waals surface area contributed by atoms with Crippen LogP contribution in [0, 0.1) is 0 Å². The summed E-state index contributed by atoms with van der Waals surface area (Å²) in [6.07, 6.45) is 0.483. The first kappa shape index (κ1) is 29.7. The number of ether oxygens (including phenoxy) is 2. The van der Waals surface area contributed by atoms with Crippen LogP contribution in [0.15, 0.2) is 47.7 Å². The molecule has 1 aliphatic carbocycles. The van der Waals surface area contributed by atoms with Gasteiger partial charge in [0.25, 0.3) is 24.3 Å². The number of Topliss-reactive ketones (excluding diaryl/α,β-unsaturated/α-hetero) is 1. The Bertz CT molecular complexity index is 1060. The van der Waals surface area contributed by atoms with E-state index in [-0.39, 0.29) is 65.2 Å². The van der Waals surface area contributed by atoms with E-state index in [9.17, 15) is 40.9 Å². The van der Waals surface area contributed by atoms with Crippen molar-refractivity contribution in [3.63, 3.8) is 0 Å². The van der Waals surface area contributed by atoms with Gasteiger partial charge in [-0.15, -0.1) is 0 Å². The van der Waals surface area contributed by atoms with Gasteiger partial charge in [0.05, 0.1) is 11.1 Å². The van der Waals surface area contributed by atoms with Crippen LogP contribution in [0.5, 0.6) is 5.75 Å². The Morgan fingerprint density at radius 3 is 1.77 bits per heavy atom. The van der Waals surface area contributed by atoms with Crippen molar-refractivity contribution < 1.29 is 50.4 Å². The van der Waals surface area contributed by atoms with Crippen LogP contribution in [-0.2, 0) is 29.7 Å². The molecule has 0 atom stereocenters. The monoisotopic (exact) mass is 482 g/mol. The SMILES string of the molecule is COC1(OC)C=C(O)C(C(=O)c2ccccc2O)=CC1(S(=O)(=O)O)S(=O)(=O)O.[Na].[Na]. The number of methoxy groups -OCH3 is 2. The van der Waals surface area contributed by atoms with Crippen LogP contribution in [0.3, 0.4) is 0 Å². The molecule has 0 fully saturated rings. The zero-order chi connectivity index (χ0) is 21.5. The van der Waals surface area contributed by atoms with Crippen molar-refractivity contribution in [1.82, 2.24) is 0 Å². The normalized spacial score (nSPS) is 17.6. The predicted molar refractivity (Wildman–Crippen MR) is 105 cm³/mol. The number of aliphatic hydroxyl groups is 1. The summed E-state index contributed by atoms with van der Waals surface area (Å²) in [4.78, 5) is 12.7. The maximum atomic E-state index is 12.7. The molecule has 156 valence electrons. The van der Waals surface area contributed by atoms with Crippen LogP contribution >= 0.6 is 0 Å². The summed E-state index contributed by atoms with van der Waals surface area (Å²) < 4.78 is 73.6. The molecule has 1 aromatic rings. The summed E-state index contributed by atoms with van der Waals surface area (Å²) in [5.74, 6) is -5.70. The number of aliphatic hydroxyl groups excluding tert-OH is 1. The second-order valence-corrected chi connectivity index (χ2v) is 9.07. The molecule has 2 rings (SSSR count). The van der Waals surface area contributed by atoms with E-state index in [1.165, 1.54) is 12.1 Å². The van der Waals surface area contributed by atoms with Gasteiger partial charge >= 0.3 is 0 Å². The van der Waals surface area contributed by atoms with Gasteiger partial charge < -0.3 is 19.7 Å². The van der Waals surface area contributed by atoms with E-state index < -0.39 is 58.5 Å². The van der Waals surface area contributed by atoms with E-state index in [4.69, 9.17) is 9.47 Å². The van der Waals surface area contributed by atoms with E-state index in [2.05, 4.69) is 0 Å². The molecule has 0 aromatic heterocycles. The molecule has 0 saturated heterocycles. The number of carbonyl (C=O) groups is 1. The Morgan fingerprint density at radius 1 is 0.900 bits per heavy atom. The van der Waals surface area contributed by atoms with Crippen molar-refractivity contribution in [3.8, 4) is 5.75 Å². The Labute approximate surface area is 216 Å².